The minimum Gasteiger partial charge on any atom is -0.377 e. The number of halogens is 1. The van der Waals surface area contributed by atoms with Crippen molar-refractivity contribution >= 4 is 34.3 Å². The molecule has 1 N–H and O–H groups in total. The third kappa shape index (κ3) is 4.07. The summed E-state index contributed by atoms with van der Waals surface area (Å²) >= 11 is 7.77. The Hall–Kier alpha value is -3.56. The van der Waals surface area contributed by atoms with Gasteiger partial charge in [0, 0.05) is 23.1 Å². The SMILES string of the molecule is O=c1c(Cl)c(NCc2csc(-c3ccccc3)n2)cnn1-c1ccc([N+](=O)[O-])cc1. The standard InChI is InChI=1S/C20H14ClN5O3S/c21-18-17(22-10-14-12-30-19(24-14)13-4-2-1-3-5-13)11-23-25(20(18)27)15-6-8-16(9-7-15)26(28)29/h1-9,11-12,22H,10H2. The topological polar surface area (TPSA) is 103 Å². The molecule has 0 radical (unpaired) electrons. The van der Waals surface area contributed by atoms with Crippen molar-refractivity contribution in [1.82, 2.24) is 14.8 Å². The maximum Gasteiger partial charge on any atom is 0.292 e. The molecule has 30 heavy (non-hydrogen) atoms. The number of rotatable bonds is 6. The number of hydrogen-bond donors (Lipinski definition) is 1. The van der Waals surface area contributed by atoms with Crippen molar-refractivity contribution in [3.63, 3.8) is 0 Å². The summed E-state index contributed by atoms with van der Waals surface area (Å²) in [5, 5.41) is 20.8. The summed E-state index contributed by atoms with van der Waals surface area (Å²) in [4.78, 5) is 27.4. The molecular weight excluding hydrogens is 426 g/mol. The number of thiazole rings is 1. The van der Waals surface area contributed by atoms with Crippen LogP contribution in [0, 0.1) is 10.1 Å². The van der Waals surface area contributed by atoms with Gasteiger partial charge in [-0.3, -0.25) is 14.9 Å². The van der Waals surface area contributed by atoms with Gasteiger partial charge in [0.2, 0.25) is 0 Å². The Bertz CT molecular complexity index is 1260. The summed E-state index contributed by atoms with van der Waals surface area (Å²) in [6.07, 6.45) is 1.44. The zero-order valence-electron chi connectivity index (χ0n) is 15.4. The number of anilines is 1. The molecule has 4 aromatic rings. The van der Waals surface area contributed by atoms with Gasteiger partial charge in [-0.1, -0.05) is 41.9 Å². The van der Waals surface area contributed by atoms with E-state index in [-0.39, 0.29) is 10.7 Å². The first-order chi connectivity index (χ1) is 14.5. The largest absolute Gasteiger partial charge is 0.377 e. The maximum absolute atomic E-state index is 12.6. The van der Waals surface area contributed by atoms with Crippen LogP contribution >= 0.6 is 22.9 Å². The van der Waals surface area contributed by atoms with Gasteiger partial charge in [0.05, 0.1) is 34.7 Å². The number of aromatic nitrogens is 3. The summed E-state index contributed by atoms with van der Waals surface area (Å²) in [5.41, 5.74) is 2.02. The monoisotopic (exact) mass is 439 g/mol. The smallest absolute Gasteiger partial charge is 0.292 e. The average molecular weight is 440 g/mol. The molecule has 0 atom stereocenters. The molecule has 8 nitrogen and oxygen atoms in total. The van der Waals surface area contributed by atoms with Crippen molar-refractivity contribution in [3.05, 3.63) is 97.4 Å². The summed E-state index contributed by atoms with van der Waals surface area (Å²) in [5.74, 6) is 0. The van der Waals surface area contributed by atoms with Crippen molar-refractivity contribution in [3.8, 4) is 16.3 Å². The van der Waals surface area contributed by atoms with Gasteiger partial charge in [0.25, 0.3) is 11.2 Å². The average Bonchev–Trinajstić information content (AvgIpc) is 3.25. The Morgan fingerprint density at radius 1 is 1.13 bits per heavy atom. The summed E-state index contributed by atoms with van der Waals surface area (Å²) < 4.78 is 1.09. The van der Waals surface area contributed by atoms with Crippen LogP contribution in [0.3, 0.4) is 0 Å². The van der Waals surface area contributed by atoms with E-state index in [0.717, 1.165) is 20.9 Å². The van der Waals surface area contributed by atoms with Gasteiger partial charge in [0.1, 0.15) is 10.0 Å². The van der Waals surface area contributed by atoms with E-state index in [0.29, 0.717) is 17.9 Å². The third-order valence-corrected chi connectivity index (χ3v) is 5.56. The van der Waals surface area contributed by atoms with Crippen molar-refractivity contribution < 1.29 is 4.92 Å². The van der Waals surface area contributed by atoms with E-state index in [4.69, 9.17) is 11.6 Å². The van der Waals surface area contributed by atoms with Crippen LogP contribution in [0.25, 0.3) is 16.3 Å². The van der Waals surface area contributed by atoms with Gasteiger partial charge in [-0.15, -0.1) is 11.3 Å². The number of nitrogens with one attached hydrogen (secondary N) is 1. The number of non-ortho nitro benzene ring substituents is 1. The Balaban J connectivity index is 1.51. The van der Waals surface area contributed by atoms with Gasteiger partial charge >= 0.3 is 0 Å². The zero-order chi connectivity index (χ0) is 21.1. The molecule has 0 fully saturated rings. The minimum atomic E-state index is -0.529. The lowest BCUT2D eigenvalue weighted by Gasteiger charge is -2.09. The van der Waals surface area contributed by atoms with Gasteiger partial charge in [-0.25, -0.2) is 4.98 Å². The molecule has 0 saturated carbocycles. The fourth-order valence-electron chi connectivity index (χ4n) is 2.74. The number of hydrogen-bond acceptors (Lipinski definition) is 7. The summed E-state index contributed by atoms with van der Waals surface area (Å²) in [6, 6.07) is 15.3. The molecule has 0 saturated heterocycles. The molecule has 0 aliphatic rings. The normalized spacial score (nSPS) is 10.7. The van der Waals surface area contributed by atoms with E-state index in [1.807, 2.05) is 35.7 Å². The van der Waals surface area contributed by atoms with E-state index in [2.05, 4.69) is 15.4 Å². The second-order valence-electron chi connectivity index (χ2n) is 6.23. The quantitative estimate of drug-likeness (QED) is 0.349. The first-order valence-electron chi connectivity index (χ1n) is 8.79. The minimum absolute atomic E-state index is 0.0261. The number of nitrogens with zero attached hydrogens (tertiary/aromatic N) is 4. The highest BCUT2D eigenvalue weighted by Crippen LogP contribution is 2.24. The summed E-state index contributed by atoms with van der Waals surface area (Å²) in [6.45, 7) is 0.381. The molecule has 0 aliphatic carbocycles. The molecule has 0 spiro atoms. The Morgan fingerprint density at radius 2 is 1.87 bits per heavy atom. The third-order valence-electron chi connectivity index (χ3n) is 4.26. The molecule has 4 rings (SSSR count). The molecule has 2 aromatic heterocycles. The molecule has 0 bridgehead atoms. The predicted octanol–water partition coefficient (Wildman–Crippen LogP) is 4.53. The fourth-order valence-corrected chi connectivity index (χ4v) is 3.76. The van der Waals surface area contributed by atoms with E-state index in [1.165, 1.54) is 41.8 Å². The van der Waals surface area contributed by atoms with Crippen LogP contribution in [-0.4, -0.2) is 19.7 Å². The second-order valence-corrected chi connectivity index (χ2v) is 7.46. The van der Waals surface area contributed by atoms with Crippen LogP contribution in [0.15, 0.2) is 71.0 Å². The molecule has 2 heterocycles. The molecule has 150 valence electrons. The molecular formula is C20H14ClN5O3S. The fraction of sp³-hybridized carbons (Fsp3) is 0.0500. The lowest BCUT2D eigenvalue weighted by molar-refractivity contribution is -0.384. The van der Waals surface area contributed by atoms with Gasteiger partial charge in [-0.05, 0) is 12.1 Å². The predicted molar refractivity (Wildman–Crippen MR) is 116 cm³/mol. The van der Waals surface area contributed by atoms with E-state index in [9.17, 15) is 14.9 Å². The van der Waals surface area contributed by atoms with Crippen molar-refractivity contribution in [2.75, 3.05) is 5.32 Å². The lowest BCUT2D eigenvalue weighted by atomic mass is 10.2. The maximum atomic E-state index is 12.6. The van der Waals surface area contributed by atoms with Gasteiger partial charge in [0.15, 0.2) is 0 Å². The van der Waals surface area contributed by atoms with Gasteiger partial charge in [-0.2, -0.15) is 9.78 Å². The number of nitro groups is 1. The first-order valence-corrected chi connectivity index (χ1v) is 10.0. The highest BCUT2D eigenvalue weighted by molar-refractivity contribution is 7.13. The molecule has 10 heteroatoms. The van der Waals surface area contributed by atoms with E-state index in [1.54, 1.807) is 0 Å². The molecule has 0 unspecified atom stereocenters. The molecule has 0 amide bonds. The molecule has 0 aliphatic heterocycles. The zero-order valence-corrected chi connectivity index (χ0v) is 16.9. The van der Waals surface area contributed by atoms with Crippen molar-refractivity contribution in [2.45, 2.75) is 6.54 Å². The first kappa shape index (κ1) is 19.7. The second kappa shape index (κ2) is 8.44. The molecule has 2 aromatic carbocycles. The van der Waals surface area contributed by atoms with Crippen LogP contribution in [0.4, 0.5) is 11.4 Å². The van der Waals surface area contributed by atoms with Crippen LogP contribution in [0.2, 0.25) is 5.02 Å². The van der Waals surface area contributed by atoms with Gasteiger partial charge < -0.3 is 5.32 Å². The Labute approximate surface area is 179 Å². The van der Waals surface area contributed by atoms with E-state index < -0.39 is 10.5 Å². The Morgan fingerprint density at radius 3 is 2.57 bits per heavy atom. The van der Waals surface area contributed by atoms with E-state index >= 15 is 0 Å². The Kier molecular flexibility index (Phi) is 5.55. The summed E-state index contributed by atoms with van der Waals surface area (Å²) in [7, 11) is 0. The lowest BCUT2D eigenvalue weighted by Crippen LogP contribution is -2.22. The van der Waals surface area contributed by atoms with Crippen molar-refractivity contribution in [2.24, 2.45) is 0 Å². The van der Waals surface area contributed by atoms with Crippen LogP contribution in [0.5, 0.6) is 0 Å². The highest BCUT2D eigenvalue weighted by Gasteiger charge is 2.13. The van der Waals surface area contributed by atoms with Crippen LogP contribution in [-0.2, 0) is 6.54 Å². The van der Waals surface area contributed by atoms with Crippen LogP contribution < -0.4 is 10.9 Å². The highest BCUT2D eigenvalue weighted by atomic mass is 35.5. The number of nitro benzene ring substituents is 1. The van der Waals surface area contributed by atoms with Crippen LogP contribution in [0.1, 0.15) is 5.69 Å². The number of benzene rings is 2. The van der Waals surface area contributed by atoms with Crippen molar-refractivity contribution in [1.29, 1.82) is 0 Å².